The van der Waals surface area contributed by atoms with Gasteiger partial charge in [-0.25, -0.2) is 4.39 Å². The summed E-state index contributed by atoms with van der Waals surface area (Å²) in [6.07, 6.45) is 1.69. The molecule has 1 unspecified atom stereocenters. The van der Waals surface area contributed by atoms with Gasteiger partial charge in [0.1, 0.15) is 11.6 Å². The van der Waals surface area contributed by atoms with Crippen molar-refractivity contribution in [1.82, 2.24) is 14.7 Å². The number of rotatable bonds is 8. The summed E-state index contributed by atoms with van der Waals surface area (Å²) in [5, 5.41) is 0. The number of ether oxygens (including phenoxy) is 2. The Morgan fingerprint density at radius 2 is 1.93 bits per heavy atom. The third-order valence-electron chi connectivity index (χ3n) is 5.51. The van der Waals surface area contributed by atoms with Gasteiger partial charge in [-0.05, 0) is 37.1 Å². The molecule has 2 fully saturated rings. The van der Waals surface area contributed by atoms with Gasteiger partial charge in [-0.2, -0.15) is 0 Å². The summed E-state index contributed by atoms with van der Waals surface area (Å²) in [4.78, 5) is 30.6. The van der Waals surface area contributed by atoms with Crippen LogP contribution in [-0.4, -0.2) is 91.6 Å². The van der Waals surface area contributed by atoms with Crippen molar-refractivity contribution < 1.29 is 23.5 Å². The van der Waals surface area contributed by atoms with Crippen molar-refractivity contribution in [2.45, 2.75) is 25.8 Å². The smallest absolute Gasteiger partial charge is 0.260 e. The van der Waals surface area contributed by atoms with Crippen molar-refractivity contribution in [3.05, 3.63) is 30.1 Å². The highest BCUT2D eigenvalue weighted by molar-refractivity contribution is 5.78. The molecule has 0 aliphatic carbocycles. The fraction of sp³-hybridized carbons (Fsp3) is 0.619. The highest BCUT2D eigenvalue weighted by Crippen LogP contribution is 2.18. The normalized spacial score (nSPS) is 19.9. The first-order valence-corrected chi connectivity index (χ1v) is 10.3. The van der Waals surface area contributed by atoms with Gasteiger partial charge >= 0.3 is 0 Å². The zero-order chi connectivity index (χ0) is 20.6. The van der Waals surface area contributed by atoms with Crippen LogP contribution in [0.5, 0.6) is 5.75 Å². The van der Waals surface area contributed by atoms with Gasteiger partial charge in [0.25, 0.3) is 5.91 Å². The van der Waals surface area contributed by atoms with Crippen molar-refractivity contribution in [3.63, 3.8) is 0 Å². The van der Waals surface area contributed by atoms with Crippen LogP contribution in [0.1, 0.15) is 19.8 Å². The Balaban J connectivity index is 1.43. The Labute approximate surface area is 171 Å². The number of morpholine rings is 1. The number of nitrogens with zero attached hydrogens (tertiary/aromatic N) is 3. The van der Waals surface area contributed by atoms with Gasteiger partial charge in [-0.15, -0.1) is 0 Å². The van der Waals surface area contributed by atoms with Crippen molar-refractivity contribution in [2.24, 2.45) is 0 Å². The number of amides is 2. The molecular weight excluding hydrogens is 377 g/mol. The first kappa shape index (κ1) is 21.5. The van der Waals surface area contributed by atoms with Crippen molar-refractivity contribution in [3.8, 4) is 5.75 Å². The molecule has 2 amide bonds. The minimum Gasteiger partial charge on any atom is -0.484 e. The quantitative estimate of drug-likeness (QED) is 0.652. The summed E-state index contributed by atoms with van der Waals surface area (Å²) in [6.45, 7) is 7.74. The molecule has 1 aromatic rings. The molecule has 3 rings (SSSR count). The van der Waals surface area contributed by atoms with E-state index in [-0.39, 0.29) is 30.3 Å². The SMILES string of the molecule is CC(=O)N(CCCN1CCOCC1)C1CCN(C(=O)COc2ccc(F)cc2)C1. The topological polar surface area (TPSA) is 62.3 Å². The first-order chi connectivity index (χ1) is 14.0. The molecule has 0 radical (unpaired) electrons. The lowest BCUT2D eigenvalue weighted by Gasteiger charge is -2.30. The van der Waals surface area contributed by atoms with Crippen molar-refractivity contribution in [1.29, 1.82) is 0 Å². The maximum atomic E-state index is 12.9. The molecule has 160 valence electrons. The van der Waals surface area contributed by atoms with E-state index in [9.17, 15) is 14.0 Å². The van der Waals surface area contributed by atoms with Gasteiger partial charge in [0.05, 0.1) is 19.3 Å². The zero-order valence-electron chi connectivity index (χ0n) is 17.0. The molecule has 0 bridgehead atoms. The molecule has 1 atom stereocenters. The van der Waals surface area contributed by atoms with Gasteiger partial charge in [0.15, 0.2) is 6.61 Å². The van der Waals surface area contributed by atoms with E-state index in [4.69, 9.17) is 9.47 Å². The third kappa shape index (κ3) is 6.40. The van der Waals surface area contributed by atoms with Crippen LogP contribution in [-0.2, 0) is 14.3 Å². The van der Waals surface area contributed by atoms with Crippen LogP contribution in [0.4, 0.5) is 4.39 Å². The number of hydrogen-bond acceptors (Lipinski definition) is 5. The summed E-state index contributed by atoms with van der Waals surface area (Å²) < 4.78 is 23.8. The van der Waals surface area contributed by atoms with Crippen molar-refractivity contribution >= 4 is 11.8 Å². The highest BCUT2D eigenvalue weighted by atomic mass is 19.1. The molecule has 7 nitrogen and oxygen atoms in total. The minimum absolute atomic E-state index is 0.0481. The number of likely N-dealkylation sites (tertiary alicyclic amines) is 1. The largest absolute Gasteiger partial charge is 0.484 e. The maximum Gasteiger partial charge on any atom is 0.260 e. The molecule has 0 spiro atoms. The Morgan fingerprint density at radius 3 is 2.62 bits per heavy atom. The van der Waals surface area contributed by atoms with Crippen LogP contribution in [0.15, 0.2) is 24.3 Å². The second-order valence-corrected chi connectivity index (χ2v) is 7.54. The standard InChI is InChI=1S/C21H30FN3O4/c1-17(26)25(9-2-8-23-11-13-28-14-12-23)19-7-10-24(15-19)21(27)16-29-20-5-3-18(22)4-6-20/h3-6,19H,2,7-16H2,1H3. The number of halogens is 1. The summed E-state index contributed by atoms with van der Waals surface area (Å²) in [7, 11) is 0. The molecule has 2 heterocycles. The fourth-order valence-electron chi connectivity index (χ4n) is 3.88. The number of hydrogen-bond donors (Lipinski definition) is 0. The van der Waals surface area contributed by atoms with Gasteiger partial charge in [-0.1, -0.05) is 0 Å². The van der Waals surface area contributed by atoms with Crippen LogP contribution in [0.25, 0.3) is 0 Å². The average molecular weight is 407 g/mol. The molecular formula is C21H30FN3O4. The van der Waals surface area contributed by atoms with E-state index in [1.165, 1.54) is 24.3 Å². The van der Waals surface area contributed by atoms with Crippen molar-refractivity contribution in [2.75, 3.05) is 59.1 Å². The fourth-order valence-corrected chi connectivity index (χ4v) is 3.88. The molecule has 29 heavy (non-hydrogen) atoms. The van der Waals surface area contributed by atoms with E-state index in [1.54, 1.807) is 11.8 Å². The average Bonchev–Trinajstić information content (AvgIpc) is 3.21. The summed E-state index contributed by atoms with van der Waals surface area (Å²) in [6, 6.07) is 5.65. The molecule has 2 saturated heterocycles. The minimum atomic E-state index is -0.344. The van der Waals surface area contributed by atoms with E-state index < -0.39 is 0 Å². The summed E-state index contributed by atoms with van der Waals surface area (Å²) >= 11 is 0. The molecule has 2 aliphatic heterocycles. The second-order valence-electron chi connectivity index (χ2n) is 7.54. The van der Waals surface area contributed by atoms with E-state index in [0.29, 0.717) is 25.4 Å². The first-order valence-electron chi connectivity index (χ1n) is 10.3. The van der Waals surface area contributed by atoms with Crippen LogP contribution in [0, 0.1) is 5.82 Å². The van der Waals surface area contributed by atoms with Gasteiger partial charge in [0.2, 0.25) is 5.91 Å². The summed E-state index contributed by atoms with van der Waals surface area (Å²) in [5.41, 5.74) is 0. The Hall–Kier alpha value is -2.19. The van der Waals surface area contributed by atoms with Crippen LogP contribution < -0.4 is 4.74 Å². The predicted octanol–water partition coefficient (Wildman–Crippen LogP) is 1.38. The highest BCUT2D eigenvalue weighted by Gasteiger charge is 2.31. The third-order valence-corrected chi connectivity index (χ3v) is 5.51. The number of carbonyl (C=O) groups excluding carboxylic acids is 2. The van der Waals surface area contributed by atoms with Crippen LogP contribution in [0.2, 0.25) is 0 Å². The summed E-state index contributed by atoms with van der Waals surface area (Å²) in [5.74, 6) is 0.0514. The molecule has 2 aliphatic rings. The maximum absolute atomic E-state index is 12.9. The lowest BCUT2D eigenvalue weighted by atomic mass is 10.2. The van der Waals surface area contributed by atoms with E-state index in [2.05, 4.69) is 4.90 Å². The van der Waals surface area contributed by atoms with E-state index in [1.807, 2.05) is 4.90 Å². The molecule has 0 aromatic heterocycles. The Bertz CT molecular complexity index is 679. The number of benzene rings is 1. The lowest BCUT2D eigenvalue weighted by molar-refractivity contribution is -0.134. The van der Waals surface area contributed by atoms with E-state index >= 15 is 0 Å². The molecule has 0 saturated carbocycles. The van der Waals surface area contributed by atoms with Gasteiger partial charge in [0, 0.05) is 46.2 Å². The predicted molar refractivity (Wildman–Crippen MR) is 106 cm³/mol. The van der Waals surface area contributed by atoms with Gasteiger partial charge < -0.3 is 19.3 Å². The Morgan fingerprint density at radius 1 is 1.21 bits per heavy atom. The van der Waals surface area contributed by atoms with Gasteiger partial charge in [-0.3, -0.25) is 14.5 Å². The Kier molecular flexibility index (Phi) is 7.83. The monoisotopic (exact) mass is 407 g/mol. The second kappa shape index (κ2) is 10.5. The van der Waals surface area contributed by atoms with E-state index in [0.717, 1.165) is 45.7 Å². The molecule has 8 heteroatoms. The zero-order valence-corrected chi connectivity index (χ0v) is 17.0. The number of carbonyl (C=O) groups is 2. The molecule has 1 aromatic carbocycles. The molecule has 0 N–H and O–H groups in total. The van der Waals surface area contributed by atoms with Crippen LogP contribution >= 0.6 is 0 Å². The lowest BCUT2D eigenvalue weighted by Crippen LogP contribution is -2.44. The van der Waals surface area contributed by atoms with Crippen LogP contribution in [0.3, 0.4) is 0 Å².